The number of hydrogen-bond donors (Lipinski definition) is 2. The topological polar surface area (TPSA) is 54.0 Å². The zero-order chi connectivity index (χ0) is 14.5. The lowest BCUT2D eigenvalue weighted by Crippen LogP contribution is -2.24. The van der Waals surface area contributed by atoms with Gasteiger partial charge >= 0.3 is 0 Å². The molecule has 20 heavy (non-hydrogen) atoms. The van der Waals surface area contributed by atoms with Gasteiger partial charge < -0.3 is 10.6 Å². The van der Waals surface area contributed by atoms with Crippen LogP contribution in [-0.4, -0.2) is 17.9 Å². The Labute approximate surface area is 114 Å². The molecule has 0 saturated heterocycles. The van der Waals surface area contributed by atoms with Gasteiger partial charge in [0.2, 0.25) is 0 Å². The van der Waals surface area contributed by atoms with E-state index in [0.717, 1.165) is 18.2 Å². The van der Waals surface area contributed by atoms with Gasteiger partial charge in [0.25, 0.3) is 5.91 Å². The van der Waals surface area contributed by atoms with Crippen LogP contribution in [0.25, 0.3) is 0 Å². The molecule has 0 saturated carbocycles. The molecule has 0 aliphatic carbocycles. The van der Waals surface area contributed by atoms with Gasteiger partial charge in [-0.1, -0.05) is 0 Å². The Hall–Kier alpha value is -2.50. The number of hydrogen-bond acceptors (Lipinski definition) is 3. The van der Waals surface area contributed by atoms with Gasteiger partial charge in [0, 0.05) is 25.4 Å². The third-order valence-corrected chi connectivity index (χ3v) is 2.78. The Balaban J connectivity index is 2.11. The zero-order valence-electron chi connectivity index (χ0n) is 10.8. The monoisotopic (exact) mass is 277 g/mol. The van der Waals surface area contributed by atoms with Gasteiger partial charge in [0.1, 0.15) is 11.6 Å². The minimum Gasteiger partial charge on any atom is -0.386 e. The molecule has 2 rings (SSSR count). The smallest absolute Gasteiger partial charge is 0.253 e. The second-order valence-corrected chi connectivity index (χ2v) is 4.09. The fourth-order valence-corrected chi connectivity index (χ4v) is 1.74. The van der Waals surface area contributed by atoms with E-state index in [9.17, 15) is 13.6 Å². The second kappa shape index (κ2) is 6.10. The predicted octanol–water partition coefficient (Wildman–Crippen LogP) is 2.33. The molecule has 4 nitrogen and oxygen atoms in total. The molecule has 0 spiro atoms. The Kier molecular flexibility index (Phi) is 4.24. The Bertz CT molecular complexity index is 632. The highest BCUT2D eigenvalue weighted by atomic mass is 19.1. The maximum atomic E-state index is 13.4. The summed E-state index contributed by atoms with van der Waals surface area (Å²) in [7, 11) is 1.67. The van der Waals surface area contributed by atoms with E-state index in [1.807, 2.05) is 0 Å². The first-order valence-corrected chi connectivity index (χ1v) is 5.95. The fourth-order valence-electron chi connectivity index (χ4n) is 1.74. The molecule has 1 heterocycles. The van der Waals surface area contributed by atoms with E-state index in [-0.39, 0.29) is 18.0 Å². The maximum Gasteiger partial charge on any atom is 0.253 e. The number of benzene rings is 1. The molecule has 0 aliphatic heterocycles. The summed E-state index contributed by atoms with van der Waals surface area (Å²) in [5, 5.41) is 5.38. The summed E-state index contributed by atoms with van der Waals surface area (Å²) in [4.78, 5) is 15.9. The lowest BCUT2D eigenvalue weighted by Gasteiger charge is -2.09. The van der Waals surface area contributed by atoms with Crippen LogP contribution in [0.3, 0.4) is 0 Å². The van der Waals surface area contributed by atoms with Crippen LogP contribution < -0.4 is 10.6 Å². The summed E-state index contributed by atoms with van der Waals surface area (Å²) in [6.45, 7) is -0.0894. The molecule has 0 bridgehead atoms. The second-order valence-electron chi connectivity index (χ2n) is 4.09. The first-order valence-electron chi connectivity index (χ1n) is 5.95. The summed E-state index contributed by atoms with van der Waals surface area (Å²) in [6, 6.07) is 4.66. The minimum atomic E-state index is -0.560. The van der Waals surface area contributed by atoms with Crippen LogP contribution >= 0.6 is 0 Å². The Morgan fingerprint density at radius 2 is 2.10 bits per heavy atom. The van der Waals surface area contributed by atoms with Crippen molar-refractivity contribution in [2.45, 2.75) is 6.54 Å². The van der Waals surface area contributed by atoms with E-state index in [1.54, 1.807) is 13.1 Å². The number of nitrogens with zero attached hydrogens (tertiary/aromatic N) is 1. The first-order chi connectivity index (χ1) is 9.61. The molecule has 0 aliphatic rings. The number of carbonyl (C=O) groups excluding carboxylic acids is 1. The third-order valence-electron chi connectivity index (χ3n) is 2.78. The van der Waals surface area contributed by atoms with E-state index in [2.05, 4.69) is 15.6 Å². The average Bonchev–Trinajstić information content (AvgIpc) is 2.47. The van der Waals surface area contributed by atoms with E-state index >= 15 is 0 Å². The first kappa shape index (κ1) is 13.9. The van der Waals surface area contributed by atoms with E-state index < -0.39 is 11.6 Å². The molecule has 1 aromatic carbocycles. The van der Waals surface area contributed by atoms with Crippen molar-refractivity contribution in [2.24, 2.45) is 0 Å². The molecule has 2 N–H and O–H groups in total. The van der Waals surface area contributed by atoms with Gasteiger partial charge in [-0.25, -0.2) is 8.78 Å². The average molecular weight is 277 g/mol. The summed E-state index contributed by atoms with van der Waals surface area (Å²) in [5.74, 6) is -1.49. The lowest BCUT2D eigenvalue weighted by molar-refractivity contribution is 0.0951. The summed E-state index contributed by atoms with van der Waals surface area (Å²) in [5.41, 5.74) is 1.04. The number of amides is 1. The number of pyridine rings is 1. The van der Waals surface area contributed by atoms with Gasteiger partial charge in [0.15, 0.2) is 0 Å². The maximum absolute atomic E-state index is 13.4. The molecule has 6 heteroatoms. The molecule has 2 aromatic rings. The van der Waals surface area contributed by atoms with Gasteiger partial charge in [-0.3, -0.25) is 9.78 Å². The fraction of sp³-hybridized carbons (Fsp3) is 0.143. The molecule has 104 valence electrons. The van der Waals surface area contributed by atoms with Crippen molar-refractivity contribution < 1.29 is 13.6 Å². The molecule has 0 unspecified atom stereocenters. The minimum absolute atomic E-state index is 0.0894. The Morgan fingerprint density at radius 1 is 1.30 bits per heavy atom. The number of halogens is 2. The standard InChI is InChI=1S/C14H13F2N3O/c1-17-13-8-18-5-4-11(13)14(20)19-7-9-6-10(15)2-3-12(9)16/h2-6,8,17H,7H2,1H3,(H,19,20). The van der Waals surface area contributed by atoms with Crippen molar-refractivity contribution in [1.82, 2.24) is 10.3 Å². The molecule has 0 fully saturated rings. The highest BCUT2D eigenvalue weighted by Crippen LogP contribution is 2.13. The lowest BCUT2D eigenvalue weighted by atomic mass is 10.2. The summed E-state index contributed by atoms with van der Waals surface area (Å²) in [6.07, 6.45) is 3.00. The molecular weight excluding hydrogens is 264 g/mol. The van der Waals surface area contributed by atoms with Crippen molar-refractivity contribution in [3.8, 4) is 0 Å². The van der Waals surface area contributed by atoms with Crippen LogP contribution in [0.2, 0.25) is 0 Å². The summed E-state index contributed by atoms with van der Waals surface area (Å²) >= 11 is 0. The SMILES string of the molecule is CNc1cnccc1C(=O)NCc1cc(F)ccc1F. The number of carbonyl (C=O) groups is 1. The highest BCUT2D eigenvalue weighted by Gasteiger charge is 2.11. The van der Waals surface area contributed by atoms with Crippen LogP contribution in [0, 0.1) is 11.6 Å². The number of anilines is 1. The van der Waals surface area contributed by atoms with Crippen molar-refractivity contribution >= 4 is 11.6 Å². The van der Waals surface area contributed by atoms with Gasteiger partial charge in [-0.05, 0) is 24.3 Å². The summed E-state index contributed by atoms with van der Waals surface area (Å²) < 4.78 is 26.4. The number of nitrogens with one attached hydrogen (secondary N) is 2. The molecule has 1 aromatic heterocycles. The normalized spacial score (nSPS) is 10.2. The molecule has 0 atom stereocenters. The predicted molar refractivity (Wildman–Crippen MR) is 71.3 cm³/mol. The van der Waals surface area contributed by atoms with Crippen LogP contribution in [0.1, 0.15) is 15.9 Å². The molecular formula is C14H13F2N3O. The molecule has 1 amide bonds. The van der Waals surface area contributed by atoms with Gasteiger partial charge in [-0.2, -0.15) is 0 Å². The van der Waals surface area contributed by atoms with E-state index in [4.69, 9.17) is 0 Å². The van der Waals surface area contributed by atoms with Crippen LogP contribution in [0.15, 0.2) is 36.7 Å². The third kappa shape index (κ3) is 3.09. The van der Waals surface area contributed by atoms with Crippen molar-refractivity contribution in [2.75, 3.05) is 12.4 Å². The van der Waals surface area contributed by atoms with Gasteiger partial charge in [-0.15, -0.1) is 0 Å². The highest BCUT2D eigenvalue weighted by molar-refractivity contribution is 5.99. The van der Waals surface area contributed by atoms with Crippen molar-refractivity contribution in [3.63, 3.8) is 0 Å². The quantitative estimate of drug-likeness (QED) is 0.902. The largest absolute Gasteiger partial charge is 0.386 e. The van der Waals surface area contributed by atoms with Crippen molar-refractivity contribution in [3.05, 3.63) is 59.4 Å². The zero-order valence-corrected chi connectivity index (χ0v) is 10.8. The van der Waals surface area contributed by atoms with E-state index in [1.165, 1.54) is 12.4 Å². The number of aromatic nitrogens is 1. The number of rotatable bonds is 4. The van der Waals surface area contributed by atoms with E-state index in [0.29, 0.717) is 11.3 Å². The van der Waals surface area contributed by atoms with Gasteiger partial charge in [0.05, 0.1) is 17.4 Å². The Morgan fingerprint density at radius 3 is 2.85 bits per heavy atom. The van der Waals surface area contributed by atoms with Crippen LogP contribution in [0.4, 0.5) is 14.5 Å². The van der Waals surface area contributed by atoms with Crippen molar-refractivity contribution in [1.29, 1.82) is 0 Å². The van der Waals surface area contributed by atoms with Crippen LogP contribution in [-0.2, 0) is 6.54 Å². The molecule has 0 radical (unpaired) electrons. The van der Waals surface area contributed by atoms with Crippen LogP contribution in [0.5, 0.6) is 0 Å².